The number of hydrogen-bond acceptors (Lipinski definition) is 9. The fraction of sp³-hybridized carbons (Fsp3) is 0.510. The van der Waals surface area contributed by atoms with Crippen molar-refractivity contribution in [3.8, 4) is 39.9 Å². The van der Waals surface area contributed by atoms with Crippen LogP contribution in [0, 0.1) is 12.3 Å². The minimum absolute atomic E-state index is 0. The van der Waals surface area contributed by atoms with E-state index in [1.807, 2.05) is 30.3 Å². The Morgan fingerprint density at radius 2 is 0.885 bits per heavy atom. The Morgan fingerprint density at radius 1 is 0.508 bits per heavy atom. The monoisotopic (exact) mass is 878 g/mol. The summed E-state index contributed by atoms with van der Waals surface area (Å²) < 4.78 is 59.0. The molecule has 2 heterocycles. The first-order valence-corrected chi connectivity index (χ1v) is 22.8. The maximum atomic E-state index is 7.37. The highest BCUT2D eigenvalue weighted by molar-refractivity contribution is 7.42. The van der Waals surface area contributed by atoms with Gasteiger partial charge in [-0.2, -0.15) is 0 Å². The van der Waals surface area contributed by atoms with Crippen LogP contribution < -0.4 is 23.3 Å². The molecular weight excluding hydrogens is 810 g/mol. The summed E-state index contributed by atoms with van der Waals surface area (Å²) in [7, 11) is 1.17. The van der Waals surface area contributed by atoms with E-state index in [9.17, 15) is 0 Å². The molecule has 1 fully saturated rings. The third kappa shape index (κ3) is 10.3. The second-order valence-electron chi connectivity index (χ2n) is 20.9. The Balaban J connectivity index is 0.00000704. The topological polar surface area (TPSA) is 122 Å². The van der Waals surface area contributed by atoms with E-state index in [0.717, 1.165) is 61.0 Å². The summed E-state index contributed by atoms with van der Waals surface area (Å²) in [4.78, 5) is 0. The molecule has 0 aliphatic carbocycles. The summed E-state index contributed by atoms with van der Waals surface area (Å²) in [6.07, 6.45) is 0. The van der Waals surface area contributed by atoms with Crippen LogP contribution in [0.2, 0.25) is 0 Å². The molecule has 0 bridgehead atoms. The highest BCUT2D eigenvalue weighted by Crippen LogP contribution is 2.56. The van der Waals surface area contributed by atoms with Crippen LogP contribution in [0.3, 0.4) is 0 Å². The van der Waals surface area contributed by atoms with Crippen molar-refractivity contribution in [3.05, 3.63) is 76.3 Å². The normalized spacial score (nSPS) is 15.3. The van der Waals surface area contributed by atoms with Crippen molar-refractivity contribution in [2.45, 2.75) is 126 Å². The quantitative estimate of drug-likeness (QED) is 0.140. The summed E-state index contributed by atoms with van der Waals surface area (Å²) in [6.45, 7) is 33.5. The molecular formula is C49H68O10P2. The standard InChI is InChI=1S/C49H66O9P2.H2O/c1-29-19-33-34-21-30(50-16)25-39(47(8,9)10)43(34)57-60(56-41(33)37(20-29)45(2,3)4)58-44-36(23-32(52-18)26-40(44)48(11,12)13)35-22-31(51-17)24-38(46(5,6)7)42(35)55-59-53-27-49(14,15)28-54-59;/h19-26H,27-28H2,1-18H3;1H2. The van der Waals surface area contributed by atoms with Gasteiger partial charge in [-0.15, -0.1) is 0 Å². The second kappa shape index (κ2) is 17.3. The van der Waals surface area contributed by atoms with Gasteiger partial charge in [0.15, 0.2) is 0 Å². The van der Waals surface area contributed by atoms with Gasteiger partial charge in [-0.05, 0) is 76.6 Å². The number of ether oxygens (including phenoxy) is 3. The van der Waals surface area contributed by atoms with Crippen LogP contribution in [0.5, 0.6) is 28.7 Å². The van der Waals surface area contributed by atoms with Gasteiger partial charge >= 0.3 is 16.8 Å². The molecule has 0 radical (unpaired) electrons. The minimum atomic E-state index is -2.16. The molecule has 4 aromatic carbocycles. The van der Waals surface area contributed by atoms with Crippen LogP contribution in [0.4, 0.5) is 0 Å². The zero-order valence-electron chi connectivity index (χ0n) is 39.6. The van der Waals surface area contributed by atoms with Crippen LogP contribution in [-0.4, -0.2) is 40.0 Å². The summed E-state index contributed by atoms with van der Waals surface area (Å²) in [5.41, 5.74) is 6.31. The molecule has 12 heteroatoms. The fourth-order valence-electron chi connectivity index (χ4n) is 7.30. The van der Waals surface area contributed by atoms with Gasteiger partial charge in [-0.1, -0.05) is 103 Å². The minimum Gasteiger partial charge on any atom is -0.497 e. The largest absolute Gasteiger partial charge is 0.497 e. The van der Waals surface area contributed by atoms with Crippen molar-refractivity contribution < 1.29 is 46.2 Å². The molecule has 2 N–H and O–H groups in total. The van der Waals surface area contributed by atoms with Gasteiger partial charge < -0.3 is 46.2 Å². The van der Waals surface area contributed by atoms with Gasteiger partial charge in [0.2, 0.25) is 0 Å². The van der Waals surface area contributed by atoms with Crippen molar-refractivity contribution in [2.75, 3.05) is 34.5 Å². The van der Waals surface area contributed by atoms with Crippen molar-refractivity contribution >= 4 is 38.8 Å². The zero-order chi connectivity index (χ0) is 44.3. The van der Waals surface area contributed by atoms with Gasteiger partial charge in [0.25, 0.3) is 0 Å². The van der Waals surface area contributed by atoms with Crippen molar-refractivity contribution in [1.29, 1.82) is 0 Å². The molecule has 61 heavy (non-hydrogen) atoms. The molecule has 5 aromatic rings. The van der Waals surface area contributed by atoms with Gasteiger partial charge in [-0.3, -0.25) is 0 Å². The van der Waals surface area contributed by atoms with Gasteiger partial charge in [0, 0.05) is 49.6 Å². The smallest absolute Gasteiger partial charge is 0.453 e. The van der Waals surface area contributed by atoms with Crippen LogP contribution in [0.15, 0.2) is 56.9 Å². The Bertz CT molecular complexity index is 2430. The maximum absolute atomic E-state index is 7.37. The molecule has 0 amide bonds. The third-order valence-electron chi connectivity index (χ3n) is 10.7. The SMILES string of the molecule is COc1cc(-c2cc(OC)cc(C(C)(C)C)c2Op2oc3c(C(C)(C)C)cc(C)cc3c3cc(OC)cc(C(C)(C)C)c3o2)c(OP2OCC(C)(C)CO2)c(C(C)(C)C)c1.O. The first-order chi connectivity index (χ1) is 27.7. The van der Waals surface area contributed by atoms with Crippen LogP contribution >= 0.6 is 16.8 Å². The number of methoxy groups -OCH3 is 3. The lowest BCUT2D eigenvalue weighted by molar-refractivity contribution is 0.0425. The molecule has 0 saturated carbocycles. The lowest BCUT2D eigenvalue weighted by Crippen LogP contribution is -2.29. The first kappa shape index (κ1) is 48.1. The maximum Gasteiger partial charge on any atom is 0.453 e. The summed E-state index contributed by atoms with van der Waals surface area (Å²) in [6, 6.07) is 16.5. The lowest BCUT2D eigenvalue weighted by atomic mass is 9.81. The summed E-state index contributed by atoms with van der Waals surface area (Å²) >= 11 is 0. The van der Waals surface area contributed by atoms with E-state index in [0.29, 0.717) is 41.8 Å². The number of hydrogen-bond donors (Lipinski definition) is 0. The molecule has 1 unspecified atom stereocenters. The third-order valence-corrected chi connectivity index (χ3v) is 12.7. The zero-order valence-corrected chi connectivity index (χ0v) is 41.4. The predicted octanol–water partition coefficient (Wildman–Crippen LogP) is 14.2. The van der Waals surface area contributed by atoms with Crippen LogP contribution in [0.25, 0.3) is 33.1 Å². The van der Waals surface area contributed by atoms with E-state index >= 15 is 0 Å². The highest BCUT2D eigenvalue weighted by Gasteiger charge is 2.36. The molecule has 1 aliphatic heterocycles. The van der Waals surface area contributed by atoms with E-state index in [1.165, 1.54) is 0 Å². The first-order valence-electron chi connectivity index (χ1n) is 20.7. The Kier molecular flexibility index (Phi) is 13.7. The van der Waals surface area contributed by atoms with Crippen LogP contribution in [0.1, 0.15) is 125 Å². The second-order valence-corrected chi connectivity index (χ2v) is 23.0. The molecule has 1 aromatic heterocycles. The van der Waals surface area contributed by atoms with E-state index in [1.54, 1.807) is 21.3 Å². The average Bonchev–Trinajstić information content (AvgIpc) is 3.29. The Labute approximate surface area is 365 Å². The molecule has 1 saturated heterocycles. The highest BCUT2D eigenvalue weighted by atomic mass is 31.2. The molecule has 0 spiro atoms. The van der Waals surface area contributed by atoms with Gasteiger partial charge in [-0.25, -0.2) is 0 Å². The Morgan fingerprint density at radius 3 is 1.31 bits per heavy atom. The number of rotatable bonds is 8. The average molecular weight is 879 g/mol. The van der Waals surface area contributed by atoms with Crippen molar-refractivity contribution in [1.82, 2.24) is 0 Å². The summed E-state index contributed by atoms with van der Waals surface area (Å²) in [5.74, 6) is 3.25. The van der Waals surface area contributed by atoms with E-state index < -0.39 is 22.3 Å². The molecule has 334 valence electrons. The van der Waals surface area contributed by atoms with E-state index in [2.05, 4.69) is 122 Å². The van der Waals surface area contributed by atoms with Gasteiger partial charge in [0.1, 0.15) is 39.9 Å². The molecule has 1 aliphatic rings. The van der Waals surface area contributed by atoms with E-state index in [-0.39, 0.29) is 27.1 Å². The predicted molar refractivity (Wildman–Crippen MR) is 250 cm³/mol. The van der Waals surface area contributed by atoms with Crippen molar-refractivity contribution in [3.63, 3.8) is 0 Å². The summed E-state index contributed by atoms with van der Waals surface area (Å²) in [5, 5.41) is 1.81. The lowest BCUT2D eigenvalue weighted by Gasteiger charge is -2.34. The molecule has 1 atom stereocenters. The number of benzene rings is 4. The number of aryl methyl sites for hydroxylation is 1. The molecule has 10 nitrogen and oxygen atoms in total. The van der Waals surface area contributed by atoms with Gasteiger partial charge in [0.05, 0.1) is 34.5 Å². The Hall–Kier alpha value is -3.91. The number of fused-ring (bicyclic) bond motifs is 3. The van der Waals surface area contributed by atoms with Crippen molar-refractivity contribution in [2.24, 2.45) is 5.41 Å². The van der Waals surface area contributed by atoms with Crippen LogP contribution in [-0.2, 0) is 30.7 Å². The molecule has 6 rings (SSSR count). The fourth-order valence-corrected chi connectivity index (χ4v) is 9.88. The van der Waals surface area contributed by atoms with E-state index in [4.69, 9.17) is 40.7 Å².